The van der Waals surface area contributed by atoms with Crippen LogP contribution in [0.2, 0.25) is 5.02 Å². The first kappa shape index (κ1) is 22.4. The number of nitrogens with one attached hydrogen (secondary N) is 1. The van der Waals surface area contributed by atoms with E-state index in [0.717, 1.165) is 16.0 Å². The zero-order valence-electron chi connectivity index (χ0n) is 18.8. The number of rotatable bonds is 5. The van der Waals surface area contributed by atoms with Gasteiger partial charge < -0.3 is 5.32 Å². The lowest BCUT2D eigenvalue weighted by Crippen LogP contribution is -2.64. The number of anilines is 1. The molecule has 1 atom stereocenters. The molecule has 0 unspecified atom stereocenters. The van der Waals surface area contributed by atoms with E-state index in [1.54, 1.807) is 58.2 Å². The van der Waals surface area contributed by atoms with Gasteiger partial charge in [0.2, 0.25) is 5.91 Å². The highest BCUT2D eigenvalue weighted by Gasteiger charge is 2.49. The Morgan fingerprint density at radius 1 is 1.15 bits per heavy atom. The van der Waals surface area contributed by atoms with E-state index in [0.29, 0.717) is 28.6 Å². The van der Waals surface area contributed by atoms with Crippen LogP contribution in [0.4, 0.5) is 5.69 Å². The van der Waals surface area contributed by atoms with Gasteiger partial charge in [0.15, 0.2) is 0 Å². The molecule has 0 aliphatic carbocycles. The Morgan fingerprint density at radius 2 is 1.97 bits per heavy atom. The lowest BCUT2D eigenvalue weighted by molar-refractivity contribution is -0.126. The minimum Gasteiger partial charge on any atom is -0.350 e. The molecule has 6 nitrogen and oxygen atoms in total. The number of nitrogens with zero attached hydrogens (tertiary/aromatic N) is 3. The number of fused-ring (bicyclic) bond motifs is 1. The number of aryl methyl sites for hydroxylation is 1. The van der Waals surface area contributed by atoms with Crippen molar-refractivity contribution in [1.29, 1.82) is 0 Å². The highest BCUT2D eigenvalue weighted by molar-refractivity contribution is 7.13. The van der Waals surface area contributed by atoms with Gasteiger partial charge in [0.25, 0.3) is 5.91 Å². The smallest absolute Gasteiger partial charge is 0.277 e. The quantitative estimate of drug-likeness (QED) is 0.412. The van der Waals surface area contributed by atoms with Crippen molar-refractivity contribution in [2.75, 3.05) is 4.90 Å². The maximum absolute atomic E-state index is 13.8. The van der Waals surface area contributed by atoms with Crippen molar-refractivity contribution in [3.05, 3.63) is 94.0 Å². The van der Waals surface area contributed by atoms with Crippen LogP contribution in [0.3, 0.4) is 0 Å². The second-order valence-corrected chi connectivity index (χ2v) is 10.00. The fourth-order valence-corrected chi connectivity index (χ4v) is 5.21. The van der Waals surface area contributed by atoms with Gasteiger partial charge in [-0.25, -0.2) is 0 Å². The van der Waals surface area contributed by atoms with Crippen molar-refractivity contribution in [3.63, 3.8) is 0 Å². The summed E-state index contributed by atoms with van der Waals surface area (Å²) in [5, 5.41) is 10.2. The van der Waals surface area contributed by atoms with E-state index in [9.17, 15) is 9.59 Å². The minimum absolute atomic E-state index is 0.214. The summed E-state index contributed by atoms with van der Waals surface area (Å²) in [7, 11) is 0. The van der Waals surface area contributed by atoms with E-state index in [1.807, 2.05) is 48.7 Å². The lowest BCUT2D eigenvalue weighted by atomic mass is 9.93. The molecular weight excluding hydrogens is 468 g/mol. The van der Waals surface area contributed by atoms with Gasteiger partial charge in [0.1, 0.15) is 16.9 Å². The van der Waals surface area contributed by atoms with Gasteiger partial charge in [-0.15, -0.1) is 11.3 Å². The Balaban J connectivity index is 1.54. The molecular formula is C26H23ClN4O2S. The molecule has 172 valence electrons. The monoisotopic (exact) mass is 490 g/mol. The van der Waals surface area contributed by atoms with Crippen LogP contribution in [0.15, 0.2) is 72.1 Å². The molecule has 8 heteroatoms. The Labute approximate surface area is 206 Å². The van der Waals surface area contributed by atoms with Crippen LogP contribution < -0.4 is 10.2 Å². The Bertz CT molecular complexity index is 1380. The molecule has 0 saturated heterocycles. The molecule has 2 aromatic heterocycles. The first-order chi connectivity index (χ1) is 16.3. The largest absolute Gasteiger partial charge is 0.350 e. The minimum atomic E-state index is -1.21. The van der Waals surface area contributed by atoms with Gasteiger partial charge in [-0.05, 0) is 55.1 Å². The van der Waals surface area contributed by atoms with Gasteiger partial charge in [-0.2, -0.15) is 5.10 Å². The molecule has 2 aromatic carbocycles. The zero-order chi connectivity index (χ0) is 23.9. The van der Waals surface area contributed by atoms with Crippen molar-refractivity contribution >= 4 is 40.4 Å². The van der Waals surface area contributed by atoms with Crippen molar-refractivity contribution in [2.24, 2.45) is 0 Å². The summed E-state index contributed by atoms with van der Waals surface area (Å²) in [6.07, 6.45) is 0. The molecule has 4 aromatic rings. The summed E-state index contributed by atoms with van der Waals surface area (Å²) < 4.78 is 1.64. The number of thiophene rings is 1. The molecule has 0 bridgehead atoms. The fraction of sp³-hybridized carbons (Fsp3) is 0.192. The Kier molecular flexibility index (Phi) is 5.75. The lowest BCUT2D eigenvalue weighted by Gasteiger charge is -2.43. The molecule has 0 spiro atoms. The molecule has 2 amide bonds. The van der Waals surface area contributed by atoms with Gasteiger partial charge in [0, 0.05) is 17.3 Å². The van der Waals surface area contributed by atoms with Crippen molar-refractivity contribution in [2.45, 2.75) is 32.5 Å². The topological polar surface area (TPSA) is 67.2 Å². The Morgan fingerprint density at radius 3 is 2.71 bits per heavy atom. The summed E-state index contributed by atoms with van der Waals surface area (Å²) in [6, 6.07) is 20.7. The number of amides is 2. The number of hydrogen-bond acceptors (Lipinski definition) is 4. The van der Waals surface area contributed by atoms with Gasteiger partial charge in [-0.3, -0.25) is 19.2 Å². The van der Waals surface area contributed by atoms with Crippen LogP contribution in [-0.4, -0.2) is 27.1 Å². The summed E-state index contributed by atoms with van der Waals surface area (Å²) in [5.74, 6) is -0.557. The highest BCUT2D eigenvalue weighted by Crippen LogP contribution is 2.35. The van der Waals surface area contributed by atoms with Gasteiger partial charge >= 0.3 is 0 Å². The second-order valence-electron chi connectivity index (χ2n) is 8.62. The average molecular weight is 491 g/mol. The molecule has 0 saturated carbocycles. The van der Waals surface area contributed by atoms with Crippen LogP contribution in [0.5, 0.6) is 0 Å². The maximum atomic E-state index is 13.8. The SMILES string of the molecule is Cc1cccc(CNC(=O)[C@@]2(C)Cn3nc(-c4cccs4)cc3C(=O)N2c2cccc(Cl)c2)c1. The van der Waals surface area contributed by atoms with E-state index in [-0.39, 0.29) is 18.4 Å². The molecule has 1 aliphatic heterocycles. The van der Waals surface area contributed by atoms with E-state index in [1.165, 1.54) is 0 Å². The summed E-state index contributed by atoms with van der Waals surface area (Å²) >= 11 is 7.81. The number of carbonyl (C=O) groups excluding carboxylic acids is 2. The predicted molar refractivity (Wildman–Crippen MR) is 135 cm³/mol. The number of aromatic nitrogens is 2. The van der Waals surface area contributed by atoms with E-state index < -0.39 is 5.54 Å². The molecule has 5 rings (SSSR count). The molecule has 0 fully saturated rings. The van der Waals surface area contributed by atoms with Gasteiger partial charge in [0.05, 0.1) is 11.4 Å². The number of hydrogen-bond donors (Lipinski definition) is 1. The fourth-order valence-electron chi connectivity index (χ4n) is 4.34. The van der Waals surface area contributed by atoms with Crippen LogP contribution in [-0.2, 0) is 17.9 Å². The third-order valence-corrected chi connectivity index (χ3v) is 7.15. The van der Waals surface area contributed by atoms with E-state index in [4.69, 9.17) is 11.6 Å². The standard InChI is InChI=1S/C26H23ClN4O2S/c1-17-6-3-7-18(12-17)15-28-25(33)26(2)16-30-22(14-21(29-30)23-10-5-11-34-23)24(32)31(26)20-9-4-8-19(27)13-20/h3-14H,15-16H2,1-2H3,(H,28,33)/t26-/m1/s1. The third kappa shape index (κ3) is 4.02. The van der Waals surface area contributed by atoms with Crippen molar-refractivity contribution < 1.29 is 9.59 Å². The first-order valence-electron chi connectivity index (χ1n) is 10.9. The van der Waals surface area contributed by atoms with Crippen LogP contribution in [0.25, 0.3) is 10.6 Å². The van der Waals surface area contributed by atoms with Crippen molar-refractivity contribution in [1.82, 2.24) is 15.1 Å². The normalized spacial score (nSPS) is 17.5. The molecule has 34 heavy (non-hydrogen) atoms. The second kappa shape index (κ2) is 8.74. The predicted octanol–water partition coefficient (Wildman–Crippen LogP) is 5.31. The van der Waals surface area contributed by atoms with Crippen LogP contribution in [0, 0.1) is 6.92 Å². The molecule has 1 N–H and O–H groups in total. The maximum Gasteiger partial charge on any atom is 0.277 e. The average Bonchev–Trinajstić information content (AvgIpc) is 3.47. The number of halogens is 1. The number of benzene rings is 2. The number of carbonyl (C=O) groups is 2. The third-order valence-electron chi connectivity index (χ3n) is 6.02. The summed E-state index contributed by atoms with van der Waals surface area (Å²) in [5.41, 5.74) is 2.62. The van der Waals surface area contributed by atoms with Crippen molar-refractivity contribution in [3.8, 4) is 10.6 Å². The Hall–Kier alpha value is -3.42. The summed E-state index contributed by atoms with van der Waals surface area (Å²) in [4.78, 5) is 30.0. The first-order valence-corrected chi connectivity index (χ1v) is 12.2. The zero-order valence-corrected chi connectivity index (χ0v) is 20.4. The summed E-state index contributed by atoms with van der Waals surface area (Å²) in [6.45, 7) is 4.36. The molecule has 3 heterocycles. The van der Waals surface area contributed by atoms with Crippen LogP contribution >= 0.6 is 22.9 Å². The highest BCUT2D eigenvalue weighted by atomic mass is 35.5. The molecule has 1 aliphatic rings. The van der Waals surface area contributed by atoms with Gasteiger partial charge in [-0.1, -0.05) is 53.6 Å². The van der Waals surface area contributed by atoms with E-state index in [2.05, 4.69) is 10.4 Å². The van der Waals surface area contributed by atoms with E-state index >= 15 is 0 Å². The van der Waals surface area contributed by atoms with Crippen LogP contribution in [0.1, 0.15) is 28.5 Å². The molecule has 0 radical (unpaired) electrons.